The topological polar surface area (TPSA) is 90.6 Å². The van der Waals surface area contributed by atoms with Crippen LogP contribution in [-0.2, 0) is 9.84 Å². The molecule has 0 saturated heterocycles. The van der Waals surface area contributed by atoms with E-state index in [0.717, 1.165) is 0 Å². The smallest absolute Gasteiger partial charge is 0.162 e. The van der Waals surface area contributed by atoms with Crippen molar-refractivity contribution < 1.29 is 17.9 Å². The van der Waals surface area contributed by atoms with Gasteiger partial charge in [0.1, 0.15) is 0 Å². The molecule has 3 N–H and O–H groups in total. The minimum Gasteiger partial charge on any atom is -0.493 e. The Hall–Kier alpha value is -1.63. The van der Waals surface area contributed by atoms with Gasteiger partial charge >= 0.3 is 0 Å². The normalized spacial score (nSPS) is 12.1. The largest absolute Gasteiger partial charge is 0.493 e. The Balaban J connectivity index is 3.00. The van der Waals surface area contributed by atoms with Gasteiger partial charge in [0.2, 0.25) is 0 Å². The SMILES string of the molecule is COc1cc(N)c(NCC(C)(C)S(C)(=O)=O)cc1OC. The van der Waals surface area contributed by atoms with Gasteiger partial charge in [-0.2, -0.15) is 0 Å². The van der Waals surface area contributed by atoms with E-state index in [1.807, 2.05) is 0 Å². The summed E-state index contributed by atoms with van der Waals surface area (Å²) in [7, 11) is -0.122. The number of methoxy groups -OCH3 is 2. The van der Waals surface area contributed by atoms with Crippen LogP contribution in [0, 0.1) is 0 Å². The molecule has 114 valence electrons. The maximum Gasteiger partial charge on any atom is 0.162 e. The van der Waals surface area contributed by atoms with E-state index in [1.54, 1.807) is 26.0 Å². The Kier molecular flexibility index (Phi) is 4.75. The summed E-state index contributed by atoms with van der Waals surface area (Å²) in [5, 5.41) is 3.05. The molecule has 0 fully saturated rings. The molecule has 6 nitrogen and oxygen atoms in total. The third-order valence-electron chi connectivity index (χ3n) is 3.26. The molecule has 1 aromatic rings. The zero-order valence-electron chi connectivity index (χ0n) is 12.5. The molecule has 0 aromatic heterocycles. The van der Waals surface area contributed by atoms with Gasteiger partial charge in [0.05, 0.1) is 30.3 Å². The molecule has 0 aliphatic rings. The number of rotatable bonds is 6. The van der Waals surface area contributed by atoms with Gasteiger partial charge < -0.3 is 20.5 Å². The van der Waals surface area contributed by atoms with E-state index in [9.17, 15) is 8.42 Å². The molecule has 0 bridgehead atoms. The zero-order valence-corrected chi connectivity index (χ0v) is 13.3. The summed E-state index contributed by atoms with van der Waals surface area (Å²) in [5.74, 6) is 1.05. The van der Waals surface area contributed by atoms with Crippen molar-refractivity contribution in [2.45, 2.75) is 18.6 Å². The molecule has 20 heavy (non-hydrogen) atoms. The van der Waals surface area contributed by atoms with E-state index in [0.29, 0.717) is 22.9 Å². The molecule has 0 radical (unpaired) electrons. The Bertz CT molecular complexity index is 582. The van der Waals surface area contributed by atoms with Gasteiger partial charge in [-0.15, -0.1) is 0 Å². The fraction of sp³-hybridized carbons (Fsp3) is 0.538. The minimum atomic E-state index is -3.17. The van der Waals surface area contributed by atoms with Gasteiger partial charge in [0.15, 0.2) is 21.3 Å². The summed E-state index contributed by atoms with van der Waals surface area (Å²) < 4.78 is 32.8. The third kappa shape index (κ3) is 3.47. The highest BCUT2D eigenvalue weighted by Crippen LogP contribution is 2.35. The van der Waals surface area contributed by atoms with E-state index in [4.69, 9.17) is 15.2 Å². The average Bonchev–Trinajstić information content (AvgIpc) is 2.35. The number of ether oxygens (including phenoxy) is 2. The van der Waals surface area contributed by atoms with Crippen LogP contribution in [-0.4, -0.2) is 40.2 Å². The number of nitrogens with one attached hydrogen (secondary N) is 1. The Morgan fingerprint density at radius 3 is 2.15 bits per heavy atom. The van der Waals surface area contributed by atoms with Crippen LogP contribution < -0.4 is 20.5 Å². The number of sulfone groups is 1. The van der Waals surface area contributed by atoms with Crippen LogP contribution in [0.3, 0.4) is 0 Å². The molecule has 0 unspecified atom stereocenters. The van der Waals surface area contributed by atoms with E-state index < -0.39 is 14.6 Å². The second-order valence-corrected chi connectivity index (χ2v) is 7.83. The molecule has 0 aliphatic carbocycles. The Morgan fingerprint density at radius 1 is 1.20 bits per heavy atom. The lowest BCUT2D eigenvalue weighted by molar-refractivity contribution is 0.355. The van der Waals surface area contributed by atoms with Crippen molar-refractivity contribution in [1.29, 1.82) is 0 Å². The standard InChI is InChI=1S/C13H22N2O4S/c1-13(2,20(5,16)17)8-15-10-7-12(19-4)11(18-3)6-9(10)14/h6-7,15H,8,14H2,1-5H3. The van der Waals surface area contributed by atoms with Crippen LogP contribution in [0.1, 0.15) is 13.8 Å². The number of hydrogen-bond donors (Lipinski definition) is 2. The highest BCUT2D eigenvalue weighted by atomic mass is 32.2. The van der Waals surface area contributed by atoms with Gasteiger partial charge in [-0.05, 0) is 13.8 Å². The monoisotopic (exact) mass is 302 g/mol. The number of nitrogen functional groups attached to an aromatic ring is 1. The van der Waals surface area contributed by atoms with Crippen LogP contribution in [0.2, 0.25) is 0 Å². The van der Waals surface area contributed by atoms with Gasteiger partial charge in [0.25, 0.3) is 0 Å². The summed E-state index contributed by atoms with van der Waals surface area (Å²) in [6.45, 7) is 3.56. The third-order valence-corrected chi connectivity index (χ3v) is 5.42. The van der Waals surface area contributed by atoms with Crippen LogP contribution in [0.15, 0.2) is 12.1 Å². The molecule has 0 amide bonds. The van der Waals surface area contributed by atoms with Crippen LogP contribution in [0.4, 0.5) is 11.4 Å². The fourth-order valence-electron chi connectivity index (χ4n) is 1.49. The first-order chi connectivity index (χ1) is 9.12. The van der Waals surface area contributed by atoms with E-state index in [2.05, 4.69) is 5.32 Å². The molecular weight excluding hydrogens is 280 g/mol. The number of hydrogen-bond acceptors (Lipinski definition) is 6. The second-order valence-electron chi connectivity index (χ2n) is 5.18. The summed E-state index contributed by atoms with van der Waals surface area (Å²) in [6.07, 6.45) is 1.21. The first kappa shape index (κ1) is 16.4. The molecule has 0 saturated carbocycles. The van der Waals surface area contributed by atoms with Crippen molar-refractivity contribution in [3.8, 4) is 11.5 Å². The van der Waals surface area contributed by atoms with Crippen LogP contribution in [0.25, 0.3) is 0 Å². The minimum absolute atomic E-state index is 0.242. The maximum absolute atomic E-state index is 11.7. The first-order valence-corrected chi connectivity index (χ1v) is 7.96. The predicted molar refractivity (Wildman–Crippen MR) is 81.4 cm³/mol. The molecule has 1 aromatic carbocycles. The average molecular weight is 302 g/mol. The maximum atomic E-state index is 11.7. The quantitative estimate of drug-likeness (QED) is 0.774. The van der Waals surface area contributed by atoms with E-state index in [-0.39, 0.29) is 6.54 Å². The molecular formula is C13H22N2O4S. The second kappa shape index (κ2) is 5.78. The number of benzene rings is 1. The van der Waals surface area contributed by atoms with Crippen molar-refractivity contribution in [1.82, 2.24) is 0 Å². The molecule has 0 heterocycles. The van der Waals surface area contributed by atoms with Gasteiger partial charge in [-0.1, -0.05) is 0 Å². The molecule has 0 atom stereocenters. The van der Waals surface area contributed by atoms with Crippen molar-refractivity contribution >= 4 is 21.2 Å². The summed E-state index contributed by atoms with van der Waals surface area (Å²) >= 11 is 0. The summed E-state index contributed by atoms with van der Waals surface area (Å²) in [6, 6.07) is 3.32. The lowest BCUT2D eigenvalue weighted by Crippen LogP contribution is -2.38. The van der Waals surface area contributed by atoms with Crippen LogP contribution in [0.5, 0.6) is 11.5 Å². The van der Waals surface area contributed by atoms with Gasteiger partial charge in [-0.25, -0.2) is 8.42 Å². The van der Waals surface area contributed by atoms with Crippen molar-refractivity contribution in [2.24, 2.45) is 0 Å². The predicted octanol–water partition coefficient (Wildman–Crippen LogP) is 1.52. The van der Waals surface area contributed by atoms with Crippen molar-refractivity contribution in [3.63, 3.8) is 0 Å². The van der Waals surface area contributed by atoms with Gasteiger partial charge in [-0.3, -0.25) is 0 Å². The molecule has 0 aliphatic heterocycles. The van der Waals surface area contributed by atoms with E-state index in [1.165, 1.54) is 20.5 Å². The fourth-order valence-corrected chi connectivity index (χ4v) is 1.82. The van der Waals surface area contributed by atoms with Gasteiger partial charge in [0, 0.05) is 24.9 Å². The molecule has 7 heteroatoms. The highest BCUT2D eigenvalue weighted by Gasteiger charge is 2.30. The van der Waals surface area contributed by atoms with Crippen molar-refractivity contribution in [2.75, 3.05) is 38.1 Å². The lowest BCUT2D eigenvalue weighted by Gasteiger charge is -2.24. The molecule has 1 rings (SSSR count). The number of nitrogens with two attached hydrogens (primary N) is 1. The van der Waals surface area contributed by atoms with Crippen LogP contribution >= 0.6 is 0 Å². The Morgan fingerprint density at radius 2 is 1.70 bits per heavy atom. The van der Waals surface area contributed by atoms with E-state index >= 15 is 0 Å². The Labute approximate surface area is 120 Å². The molecule has 0 spiro atoms. The summed E-state index contributed by atoms with van der Waals surface area (Å²) in [4.78, 5) is 0. The number of anilines is 2. The first-order valence-electron chi connectivity index (χ1n) is 6.07. The lowest BCUT2D eigenvalue weighted by atomic mass is 10.2. The summed E-state index contributed by atoms with van der Waals surface area (Å²) in [5.41, 5.74) is 6.99. The highest BCUT2D eigenvalue weighted by molar-refractivity contribution is 7.92. The zero-order chi connectivity index (χ0) is 15.6. The van der Waals surface area contributed by atoms with Crippen molar-refractivity contribution in [3.05, 3.63) is 12.1 Å².